The van der Waals surface area contributed by atoms with Gasteiger partial charge in [0.2, 0.25) is 10.0 Å². The van der Waals surface area contributed by atoms with Crippen LogP contribution < -0.4 is 4.72 Å². The lowest BCUT2D eigenvalue weighted by Crippen LogP contribution is -2.14. The van der Waals surface area contributed by atoms with Gasteiger partial charge in [-0.05, 0) is 68.7 Å². The summed E-state index contributed by atoms with van der Waals surface area (Å²) in [5.41, 5.74) is 3.30. The van der Waals surface area contributed by atoms with Gasteiger partial charge in [-0.2, -0.15) is 0 Å². The van der Waals surface area contributed by atoms with E-state index in [1.54, 1.807) is 6.08 Å². The number of fused-ring (bicyclic) bond motifs is 1. The standard InChI is InChI=1S/C17H23N3O2S/c1-18-23(21,22)8-6-13-3-4-17-16(10-13)15(11-19-17)9-14-5-7-20(2)12-14/h3-4,6,8,10-11,14,18-19H,5,7,9,12H2,1-2H3/b8-6+. The normalized spacial score (nSPS) is 20.0. The molecule has 1 aliphatic rings. The number of H-pyrrole nitrogens is 1. The number of aromatic nitrogens is 1. The van der Waals surface area contributed by atoms with Crippen molar-refractivity contribution in [3.05, 3.63) is 40.9 Å². The van der Waals surface area contributed by atoms with Gasteiger partial charge in [-0.3, -0.25) is 0 Å². The van der Waals surface area contributed by atoms with E-state index in [1.807, 2.05) is 12.1 Å². The molecule has 0 saturated carbocycles. The van der Waals surface area contributed by atoms with Crippen molar-refractivity contribution in [1.29, 1.82) is 0 Å². The molecule has 1 fully saturated rings. The van der Waals surface area contributed by atoms with Gasteiger partial charge in [0.1, 0.15) is 0 Å². The van der Waals surface area contributed by atoms with E-state index < -0.39 is 10.0 Å². The number of hydrogen-bond donors (Lipinski definition) is 2. The van der Waals surface area contributed by atoms with E-state index in [9.17, 15) is 8.42 Å². The summed E-state index contributed by atoms with van der Waals surface area (Å²) in [6.45, 7) is 2.32. The molecule has 5 nitrogen and oxygen atoms in total. The average Bonchev–Trinajstić information content (AvgIpc) is 3.12. The van der Waals surface area contributed by atoms with E-state index in [-0.39, 0.29) is 0 Å². The Bertz CT molecular complexity index is 823. The van der Waals surface area contributed by atoms with Crippen molar-refractivity contribution in [2.24, 2.45) is 5.92 Å². The number of likely N-dealkylation sites (tertiary alicyclic amines) is 1. The maximum Gasteiger partial charge on any atom is 0.233 e. The quantitative estimate of drug-likeness (QED) is 0.881. The Morgan fingerprint density at radius 3 is 2.96 bits per heavy atom. The van der Waals surface area contributed by atoms with Crippen molar-refractivity contribution in [2.45, 2.75) is 12.8 Å². The van der Waals surface area contributed by atoms with Crippen molar-refractivity contribution >= 4 is 27.0 Å². The van der Waals surface area contributed by atoms with Crippen molar-refractivity contribution in [1.82, 2.24) is 14.6 Å². The first-order valence-corrected chi connectivity index (χ1v) is 9.41. The Morgan fingerprint density at radius 1 is 1.43 bits per heavy atom. The highest BCUT2D eigenvalue weighted by molar-refractivity contribution is 7.92. The molecule has 0 amide bonds. The summed E-state index contributed by atoms with van der Waals surface area (Å²) in [5, 5.41) is 2.38. The first-order chi connectivity index (χ1) is 11.0. The van der Waals surface area contributed by atoms with Crippen LogP contribution in [-0.2, 0) is 16.4 Å². The minimum absolute atomic E-state index is 0.697. The van der Waals surface area contributed by atoms with E-state index in [0.717, 1.165) is 24.0 Å². The SMILES string of the molecule is CNS(=O)(=O)/C=C/c1ccc2[nH]cc(CC3CCN(C)C3)c2c1. The molecule has 1 aromatic heterocycles. The molecule has 2 heterocycles. The van der Waals surface area contributed by atoms with Crippen molar-refractivity contribution in [3.63, 3.8) is 0 Å². The van der Waals surface area contributed by atoms with Crippen LogP contribution in [0.25, 0.3) is 17.0 Å². The van der Waals surface area contributed by atoms with Gasteiger partial charge in [-0.15, -0.1) is 0 Å². The predicted octanol–water partition coefficient (Wildman–Crippen LogP) is 2.18. The van der Waals surface area contributed by atoms with E-state index in [0.29, 0.717) is 5.92 Å². The number of rotatable bonds is 5. The number of nitrogens with zero attached hydrogens (tertiary/aromatic N) is 1. The summed E-state index contributed by atoms with van der Waals surface area (Å²) in [5.74, 6) is 0.697. The molecule has 0 bridgehead atoms. The number of sulfonamides is 1. The van der Waals surface area contributed by atoms with Gasteiger partial charge in [0, 0.05) is 29.1 Å². The predicted molar refractivity (Wildman–Crippen MR) is 94.6 cm³/mol. The van der Waals surface area contributed by atoms with Crippen LogP contribution in [0.5, 0.6) is 0 Å². The third-order valence-electron chi connectivity index (χ3n) is 4.51. The van der Waals surface area contributed by atoms with Gasteiger partial charge in [0.25, 0.3) is 0 Å². The molecule has 1 unspecified atom stereocenters. The molecule has 3 rings (SSSR count). The highest BCUT2D eigenvalue weighted by Gasteiger charge is 2.20. The highest BCUT2D eigenvalue weighted by Crippen LogP contribution is 2.26. The third-order valence-corrected chi connectivity index (χ3v) is 5.58. The van der Waals surface area contributed by atoms with Gasteiger partial charge in [0.05, 0.1) is 0 Å². The number of nitrogens with one attached hydrogen (secondary N) is 2. The molecular formula is C17H23N3O2S. The molecule has 2 N–H and O–H groups in total. The zero-order valence-electron chi connectivity index (χ0n) is 13.5. The number of hydrogen-bond acceptors (Lipinski definition) is 3. The number of aromatic amines is 1. The molecular weight excluding hydrogens is 310 g/mol. The van der Waals surface area contributed by atoms with Gasteiger partial charge in [-0.25, -0.2) is 13.1 Å². The summed E-state index contributed by atoms with van der Waals surface area (Å²) in [6.07, 6.45) is 6.02. The van der Waals surface area contributed by atoms with Crippen molar-refractivity contribution < 1.29 is 8.42 Å². The molecule has 0 aliphatic carbocycles. The second kappa shape index (κ2) is 6.47. The van der Waals surface area contributed by atoms with E-state index in [2.05, 4.69) is 33.9 Å². The molecule has 124 valence electrons. The lowest BCUT2D eigenvalue weighted by atomic mass is 9.97. The van der Waals surface area contributed by atoms with Crippen LogP contribution in [0.2, 0.25) is 0 Å². The smallest absolute Gasteiger partial charge is 0.233 e. The van der Waals surface area contributed by atoms with Crippen molar-refractivity contribution in [3.8, 4) is 0 Å². The first kappa shape index (κ1) is 16.2. The summed E-state index contributed by atoms with van der Waals surface area (Å²) in [6, 6.07) is 5.99. The van der Waals surface area contributed by atoms with Gasteiger partial charge in [-0.1, -0.05) is 6.07 Å². The Kier molecular flexibility index (Phi) is 4.57. The minimum atomic E-state index is -3.34. The van der Waals surface area contributed by atoms with Gasteiger partial charge < -0.3 is 9.88 Å². The monoisotopic (exact) mass is 333 g/mol. The fraction of sp³-hybridized carbons (Fsp3) is 0.412. The van der Waals surface area contributed by atoms with E-state index in [1.165, 1.54) is 36.4 Å². The summed E-state index contributed by atoms with van der Waals surface area (Å²) < 4.78 is 25.3. The molecule has 2 aromatic rings. The van der Waals surface area contributed by atoms with Crippen LogP contribution in [-0.4, -0.2) is 45.5 Å². The Hall–Kier alpha value is -1.63. The molecule has 6 heteroatoms. The second-order valence-corrected chi connectivity index (χ2v) is 8.06. The Labute approximate surface area is 137 Å². The second-order valence-electron chi connectivity index (χ2n) is 6.29. The van der Waals surface area contributed by atoms with E-state index in [4.69, 9.17) is 0 Å². The summed E-state index contributed by atoms with van der Waals surface area (Å²) in [4.78, 5) is 5.69. The van der Waals surface area contributed by atoms with Gasteiger partial charge >= 0.3 is 0 Å². The van der Waals surface area contributed by atoms with Crippen LogP contribution in [0.15, 0.2) is 29.8 Å². The lowest BCUT2D eigenvalue weighted by molar-refractivity contribution is 0.394. The highest BCUT2D eigenvalue weighted by atomic mass is 32.2. The fourth-order valence-electron chi connectivity index (χ4n) is 3.21. The summed E-state index contributed by atoms with van der Waals surface area (Å²) in [7, 11) is 0.239. The molecule has 0 spiro atoms. The third kappa shape index (κ3) is 3.83. The lowest BCUT2D eigenvalue weighted by Gasteiger charge is -2.09. The molecule has 1 atom stereocenters. The fourth-order valence-corrected chi connectivity index (χ4v) is 3.68. The van der Waals surface area contributed by atoms with Gasteiger partial charge in [0.15, 0.2) is 0 Å². The van der Waals surface area contributed by atoms with Crippen LogP contribution >= 0.6 is 0 Å². The first-order valence-electron chi connectivity index (χ1n) is 7.87. The van der Waals surface area contributed by atoms with Crippen LogP contribution in [0, 0.1) is 5.92 Å². The zero-order chi connectivity index (χ0) is 16.4. The Morgan fingerprint density at radius 2 is 2.26 bits per heavy atom. The zero-order valence-corrected chi connectivity index (χ0v) is 14.4. The topological polar surface area (TPSA) is 65.2 Å². The number of benzene rings is 1. The van der Waals surface area contributed by atoms with Crippen molar-refractivity contribution in [2.75, 3.05) is 27.2 Å². The average molecular weight is 333 g/mol. The molecule has 1 aromatic carbocycles. The Balaban J connectivity index is 1.85. The molecule has 1 aliphatic heterocycles. The summed E-state index contributed by atoms with van der Waals surface area (Å²) >= 11 is 0. The maximum absolute atomic E-state index is 11.5. The molecule has 1 saturated heterocycles. The molecule has 23 heavy (non-hydrogen) atoms. The largest absolute Gasteiger partial charge is 0.361 e. The van der Waals surface area contributed by atoms with E-state index >= 15 is 0 Å². The maximum atomic E-state index is 11.5. The molecule has 0 radical (unpaired) electrons. The van der Waals surface area contributed by atoms with Crippen LogP contribution in [0.1, 0.15) is 17.5 Å². The van der Waals surface area contributed by atoms with Crippen LogP contribution in [0.4, 0.5) is 0 Å². The van der Waals surface area contributed by atoms with Crippen LogP contribution in [0.3, 0.4) is 0 Å². The minimum Gasteiger partial charge on any atom is -0.361 e.